The second-order valence-corrected chi connectivity index (χ2v) is 5.45. The average Bonchev–Trinajstić information content (AvgIpc) is 2.85. The minimum Gasteiger partial charge on any atom is -0.469 e. The summed E-state index contributed by atoms with van der Waals surface area (Å²) >= 11 is 0. The first-order valence-electron chi connectivity index (χ1n) is 6.69. The van der Waals surface area contributed by atoms with Crippen molar-refractivity contribution in [3.63, 3.8) is 0 Å². The number of nitrogens with one attached hydrogen (secondary N) is 1. The molecule has 2 heterocycles. The Kier molecular flexibility index (Phi) is 3.90. The fourth-order valence-electron chi connectivity index (χ4n) is 2.91. The van der Waals surface area contributed by atoms with E-state index in [-0.39, 0.29) is 17.8 Å². The maximum Gasteiger partial charge on any atom is 0.308 e. The molecule has 18 heavy (non-hydrogen) atoms. The molecule has 0 radical (unpaired) electrons. The summed E-state index contributed by atoms with van der Waals surface area (Å²) in [6.07, 6.45) is 3.40. The third-order valence-electron chi connectivity index (χ3n) is 4.16. The number of rotatable bonds is 2. The molecule has 2 aliphatic rings. The Morgan fingerprint density at radius 1 is 1.33 bits per heavy atom. The fourth-order valence-corrected chi connectivity index (χ4v) is 2.91. The third kappa shape index (κ3) is 2.51. The molecular weight excluding hydrogens is 232 g/mol. The van der Waals surface area contributed by atoms with Crippen LogP contribution in [0.2, 0.25) is 0 Å². The number of esters is 1. The predicted octanol–water partition coefficient (Wildman–Crippen LogP) is 0.540. The van der Waals surface area contributed by atoms with E-state index >= 15 is 0 Å². The highest BCUT2D eigenvalue weighted by Gasteiger charge is 2.40. The molecular formula is C13H22N2O3. The molecule has 2 saturated heterocycles. The number of likely N-dealkylation sites (tertiary alicyclic amines) is 1. The van der Waals surface area contributed by atoms with Crippen molar-refractivity contribution in [2.24, 2.45) is 5.92 Å². The fraction of sp³-hybridized carbons (Fsp3) is 0.846. The van der Waals surface area contributed by atoms with Crippen LogP contribution in [0.4, 0.5) is 0 Å². The van der Waals surface area contributed by atoms with Crippen LogP contribution in [0, 0.1) is 5.92 Å². The van der Waals surface area contributed by atoms with Crippen molar-refractivity contribution in [1.29, 1.82) is 0 Å². The van der Waals surface area contributed by atoms with Gasteiger partial charge in [0.2, 0.25) is 5.91 Å². The number of nitrogens with zero attached hydrogens (tertiary/aromatic N) is 1. The molecule has 0 aromatic heterocycles. The highest BCUT2D eigenvalue weighted by atomic mass is 16.5. The number of carbonyl (C=O) groups is 2. The summed E-state index contributed by atoms with van der Waals surface area (Å²) < 4.78 is 4.75. The molecule has 1 amide bonds. The van der Waals surface area contributed by atoms with Crippen molar-refractivity contribution in [2.45, 2.75) is 38.1 Å². The molecule has 0 aliphatic carbocycles. The minimum absolute atomic E-state index is 0.0385. The molecule has 2 aliphatic heterocycles. The molecule has 0 bridgehead atoms. The van der Waals surface area contributed by atoms with Gasteiger partial charge in [-0.25, -0.2) is 0 Å². The maximum atomic E-state index is 12.4. The van der Waals surface area contributed by atoms with Gasteiger partial charge in [0.15, 0.2) is 0 Å². The lowest BCUT2D eigenvalue weighted by Gasteiger charge is -2.36. The summed E-state index contributed by atoms with van der Waals surface area (Å²) in [6.45, 7) is 4.22. The van der Waals surface area contributed by atoms with E-state index in [0.717, 1.165) is 19.4 Å². The summed E-state index contributed by atoms with van der Waals surface area (Å²) in [4.78, 5) is 25.7. The molecule has 0 spiro atoms. The quantitative estimate of drug-likeness (QED) is 0.731. The van der Waals surface area contributed by atoms with Gasteiger partial charge in [0, 0.05) is 13.1 Å². The number of hydrogen-bond acceptors (Lipinski definition) is 4. The Morgan fingerprint density at radius 2 is 2.00 bits per heavy atom. The Morgan fingerprint density at radius 3 is 2.50 bits per heavy atom. The van der Waals surface area contributed by atoms with Gasteiger partial charge < -0.3 is 15.0 Å². The molecule has 0 aromatic carbocycles. The molecule has 1 unspecified atom stereocenters. The molecule has 2 fully saturated rings. The lowest BCUT2D eigenvalue weighted by molar-refractivity contribution is -0.150. The van der Waals surface area contributed by atoms with E-state index in [1.54, 1.807) is 0 Å². The molecule has 1 N–H and O–H groups in total. The molecule has 0 saturated carbocycles. The topological polar surface area (TPSA) is 58.6 Å². The Bertz CT molecular complexity index is 329. The summed E-state index contributed by atoms with van der Waals surface area (Å²) in [5.41, 5.74) is -0.391. The van der Waals surface area contributed by atoms with E-state index < -0.39 is 5.54 Å². The summed E-state index contributed by atoms with van der Waals surface area (Å²) in [5.74, 6) is -0.000915. The molecule has 5 nitrogen and oxygen atoms in total. The maximum absolute atomic E-state index is 12.4. The van der Waals surface area contributed by atoms with E-state index in [0.29, 0.717) is 25.9 Å². The Labute approximate surface area is 108 Å². The lowest BCUT2D eigenvalue weighted by atomic mass is 9.93. The van der Waals surface area contributed by atoms with Crippen molar-refractivity contribution in [3.8, 4) is 0 Å². The summed E-state index contributed by atoms with van der Waals surface area (Å²) in [5, 5.41) is 3.29. The van der Waals surface area contributed by atoms with Crippen LogP contribution >= 0.6 is 0 Å². The number of amides is 1. The first kappa shape index (κ1) is 13.3. The molecule has 102 valence electrons. The summed E-state index contributed by atoms with van der Waals surface area (Å²) in [6, 6.07) is 0. The van der Waals surface area contributed by atoms with Gasteiger partial charge in [-0.1, -0.05) is 0 Å². The second kappa shape index (κ2) is 5.26. The van der Waals surface area contributed by atoms with Gasteiger partial charge in [0.25, 0.3) is 0 Å². The first-order chi connectivity index (χ1) is 8.57. The van der Waals surface area contributed by atoms with Gasteiger partial charge >= 0.3 is 5.97 Å². The Hall–Kier alpha value is -1.10. The smallest absolute Gasteiger partial charge is 0.308 e. The van der Waals surface area contributed by atoms with Crippen molar-refractivity contribution < 1.29 is 14.3 Å². The monoisotopic (exact) mass is 254 g/mol. The van der Waals surface area contributed by atoms with Gasteiger partial charge in [0.05, 0.1) is 18.6 Å². The van der Waals surface area contributed by atoms with E-state index in [2.05, 4.69) is 5.32 Å². The first-order valence-corrected chi connectivity index (χ1v) is 6.69. The van der Waals surface area contributed by atoms with Gasteiger partial charge in [-0.05, 0) is 39.2 Å². The average molecular weight is 254 g/mol. The zero-order valence-electron chi connectivity index (χ0n) is 11.2. The number of hydrogen-bond donors (Lipinski definition) is 1. The van der Waals surface area contributed by atoms with Crippen LogP contribution < -0.4 is 5.32 Å². The predicted molar refractivity (Wildman–Crippen MR) is 67.0 cm³/mol. The van der Waals surface area contributed by atoms with Crippen LogP contribution in [0.3, 0.4) is 0 Å². The van der Waals surface area contributed by atoms with Crippen LogP contribution in [-0.2, 0) is 14.3 Å². The SMILES string of the molecule is COC(=O)C1CCN(C(=O)C2(C)CCCN2)CC1. The van der Waals surface area contributed by atoms with Crippen LogP contribution in [0.1, 0.15) is 32.6 Å². The van der Waals surface area contributed by atoms with Gasteiger partial charge in [-0.3, -0.25) is 9.59 Å². The number of methoxy groups -OCH3 is 1. The van der Waals surface area contributed by atoms with Gasteiger partial charge in [-0.2, -0.15) is 0 Å². The van der Waals surface area contributed by atoms with E-state index in [1.807, 2.05) is 11.8 Å². The van der Waals surface area contributed by atoms with Crippen molar-refractivity contribution >= 4 is 11.9 Å². The van der Waals surface area contributed by atoms with Crippen LogP contribution in [0.25, 0.3) is 0 Å². The molecule has 0 aromatic rings. The van der Waals surface area contributed by atoms with Gasteiger partial charge in [-0.15, -0.1) is 0 Å². The van der Waals surface area contributed by atoms with Crippen LogP contribution in [-0.4, -0.2) is 49.1 Å². The van der Waals surface area contributed by atoms with Crippen molar-refractivity contribution in [1.82, 2.24) is 10.2 Å². The van der Waals surface area contributed by atoms with Gasteiger partial charge in [0.1, 0.15) is 0 Å². The zero-order valence-corrected chi connectivity index (χ0v) is 11.2. The normalized spacial score (nSPS) is 29.3. The number of ether oxygens (including phenoxy) is 1. The van der Waals surface area contributed by atoms with Crippen LogP contribution in [0.15, 0.2) is 0 Å². The number of carbonyl (C=O) groups excluding carboxylic acids is 2. The van der Waals surface area contributed by atoms with Crippen molar-refractivity contribution in [2.75, 3.05) is 26.7 Å². The largest absolute Gasteiger partial charge is 0.469 e. The highest BCUT2D eigenvalue weighted by Crippen LogP contribution is 2.25. The zero-order chi connectivity index (χ0) is 13.2. The van der Waals surface area contributed by atoms with Crippen molar-refractivity contribution in [3.05, 3.63) is 0 Å². The molecule has 5 heteroatoms. The Balaban J connectivity index is 1.89. The summed E-state index contributed by atoms with van der Waals surface area (Å²) in [7, 11) is 1.42. The third-order valence-corrected chi connectivity index (χ3v) is 4.16. The lowest BCUT2D eigenvalue weighted by Crippen LogP contribution is -2.55. The molecule has 2 rings (SSSR count). The highest BCUT2D eigenvalue weighted by molar-refractivity contribution is 5.86. The second-order valence-electron chi connectivity index (χ2n) is 5.45. The number of piperidine rings is 1. The standard InChI is InChI=1S/C13H22N2O3/c1-13(6-3-7-14-13)12(17)15-8-4-10(5-9-15)11(16)18-2/h10,14H,3-9H2,1-2H3. The minimum atomic E-state index is -0.391. The van der Waals surface area contributed by atoms with Crippen LogP contribution in [0.5, 0.6) is 0 Å². The van der Waals surface area contributed by atoms with E-state index in [1.165, 1.54) is 7.11 Å². The van der Waals surface area contributed by atoms with E-state index in [4.69, 9.17) is 4.74 Å². The van der Waals surface area contributed by atoms with E-state index in [9.17, 15) is 9.59 Å². The molecule has 1 atom stereocenters.